The lowest BCUT2D eigenvalue weighted by atomic mass is 9.94. The molecule has 23 heavy (non-hydrogen) atoms. The minimum Gasteiger partial charge on any atom is -0.480 e. The molecule has 0 aliphatic carbocycles. The van der Waals surface area contributed by atoms with Gasteiger partial charge in [0.05, 0.1) is 6.04 Å². The second-order valence-corrected chi connectivity index (χ2v) is 7.39. The van der Waals surface area contributed by atoms with E-state index in [1.54, 1.807) is 11.3 Å². The van der Waals surface area contributed by atoms with E-state index in [0.29, 0.717) is 11.4 Å². The van der Waals surface area contributed by atoms with Gasteiger partial charge in [-0.05, 0) is 61.0 Å². The van der Waals surface area contributed by atoms with Crippen LogP contribution in [0.4, 0.5) is 0 Å². The van der Waals surface area contributed by atoms with Crippen LogP contribution in [-0.2, 0) is 4.79 Å². The van der Waals surface area contributed by atoms with Crippen LogP contribution in [0.25, 0.3) is 0 Å². The fraction of sp³-hybridized carbons (Fsp3) is 0.389. The van der Waals surface area contributed by atoms with Crippen LogP contribution in [0.5, 0.6) is 0 Å². The molecular formula is C18H20ClNO2S. The Hall–Kier alpha value is -1.36. The van der Waals surface area contributed by atoms with Gasteiger partial charge in [-0.2, -0.15) is 0 Å². The largest absolute Gasteiger partial charge is 0.480 e. The molecule has 2 atom stereocenters. The molecule has 0 bridgehead atoms. The van der Waals surface area contributed by atoms with Crippen LogP contribution in [0.2, 0.25) is 5.02 Å². The van der Waals surface area contributed by atoms with Gasteiger partial charge in [0.1, 0.15) is 6.04 Å². The van der Waals surface area contributed by atoms with E-state index in [0.717, 1.165) is 24.9 Å². The van der Waals surface area contributed by atoms with Crippen molar-refractivity contribution < 1.29 is 9.90 Å². The Morgan fingerprint density at radius 3 is 2.65 bits per heavy atom. The van der Waals surface area contributed by atoms with Crippen molar-refractivity contribution in [3.05, 3.63) is 56.7 Å². The highest BCUT2D eigenvalue weighted by molar-refractivity contribution is 7.10. The van der Waals surface area contributed by atoms with Crippen molar-refractivity contribution in [2.24, 2.45) is 0 Å². The van der Waals surface area contributed by atoms with E-state index < -0.39 is 12.0 Å². The van der Waals surface area contributed by atoms with Gasteiger partial charge in [0, 0.05) is 9.90 Å². The van der Waals surface area contributed by atoms with Gasteiger partial charge >= 0.3 is 5.97 Å². The number of aliphatic carboxylic acids is 1. The lowest BCUT2D eigenvalue weighted by Crippen LogP contribution is -2.46. The van der Waals surface area contributed by atoms with Crippen molar-refractivity contribution in [1.29, 1.82) is 0 Å². The Balaban J connectivity index is 2.06. The zero-order valence-electron chi connectivity index (χ0n) is 13.0. The van der Waals surface area contributed by atoms with Gasteiger partial charge in [0.15, 0.2) is 0 Å². The number of piperidine rings is 1. The van der Waals surface area contributed by atoms with Crippen LogP contribution in [0.1, 0.15) is 41.3 Å². The molecule has 1 N–H and O–H groups in total. The van der Waals surface area contributed by atoms with Gasteiger partial charge in [-0.3, -0.25) is 9.69 Å². The molecule has 3 rings (SSSR count). The van der Waals surface area contributed by atoms with Crippen LogP contribution in [0.3, 0.4) is 0 Å². The van der Waals surface area contributed by atoms with Crippen molar-refractivity contribution in [3.8, 4) is 0 Å². The highest BCUT2D eigenvalue weighted by Crippen LogP contribution is 2.38. The average molecular weight is 350 g/mol. The van der Waals surface area contributed by atoms with E-state index in [9.17, 15) is 9.90 Å². The number of rotatable bonds is 4. The molecule has 1 aliphatic heterocycles. The molecule has 0 radical (unpaired) electrons. The second-order valence-electron chi connectivity index (χ2n) is 6.01. The first-order valence-electron chi connectivity index (χ1n) is 7.86. The molecule has 1 aliphatic rings. The van der Waals surface area contributed by atoms with E-state index in [-0.39, 0.29) is 6.04 Å². The Morgan fingerprint density at radius 2 is 2.04 bits per heavy atom. The first-order valence-corrected chi connectivity index (χ1v) is 9.11. The van der Waals surface area contributed by atoms with Crippen molar-refractivity contribution in [3.63, 3.8) is 0 Å². The first kappa shape index (κ1) is 16.5. The molecule has 1 saturated heterocycles. The number of halogens is 1. The Morgan fingerprint density at radius 1 is 1.30 bits per heavy atom. The zero-order valence-corrected chi connectivity index (χ0v) is 14.6. The number of nitrogens with zero attached hydrogens (tertiary/aromatic N) is 1. The summed E-state index contributed by atoms with van der Waals surface area (Å²) in [5, 5.41) is 12.4. The summed E-state index contributed by atoms with van der Waals surface area (Å²) in [7, 11) is 0. The van der Waals surface area contributed by atoms with E-state index in [1.165, 1.54) is 10.4 Å². The first-order chi connectivity index (χ1) is 11.1. The molecule has 1 fully saturated rings. The summed E-state index contributed by atoms with van der Waals surface area (Å²) >= 11 is 7.73. The predicted octanol–water partition coefficient (Wildman–Crippen LogP) is 4.74. The highest BCUT2D eigenvalue weighted by atomic mass is 35.5. The monoisotopic (exact) mass is 349 g/mol. The number of carboxylic acid groups (broad SMARTS) is 1. The molecule has 0 amide bonds. The number of thiophene rings is 1. The average Bonchev–Trinajstić information content (AvgIpc) is 2.96. The van der Waals surface area contributed by atoms with Crippen LogP contribution in [0, 0.1) is 6.92 Å². The van der Waals surface area contributed by atoms with Crippen LogP contribution in [-0.4, -0.2) is 28.6 Å². The normalized spacial score (nSPS) is 20.3. The molecule has 2 aromatic rings. The third kappa shape index (κ3) is 3.44. The van der Waals surface area contributed by atoms with Crippen LogP contribution < -0.4 is 0 Å². The van der Waals surface area contributed by atoms with Crippen molar-refractivity contribution in [2.45, 2.75) is 38.3 Å². The maximum absolute atomic E-state index is 11.7. The second kappa shape index (κ2) is 7.04. The zero-order chi connectivity index (χ0) is 16.4. The molecule has 122 valence electrons. The molecule has 1 aromatic heterocycles. The third-order valence-corrected chi connectivity index (χ3v) is 5.82. The molecule has 1 aromatic carbocycles. The molecular weight excluding hydrogens is 330 g/mol. The predicted molar refractivity (Wildman–Crippen MR) is 94.3 cm³/mol. The Bertz CT molecular complexity index is 683. The summed E-state index contributed by atoms with van der Waals surface area (Å²) in [6, 6.07) is 9.45. The summed E-state index contributed by atoms with van der Waals surface area (Å²) in [6.45, 7) is 2.90. The van der Waals surface area contributed by atoms with E-state index in [1.807, 2.05) is 24.3 Å². The van der Waals surface area contributed by atoms with Crippen molar-refractivity contribution in [1.82, 2.24) is 4.90 Å². The van der Waals surface area contributed by atoms with Gasteiger partial charge in [0.2, 0.25) is 0 Å². The lowest BCUT2D eigenvalue weighted by Gasteiger charge is -2.39. The van der Waals surface area contributed by atoms with Gasteiger partial charge in [-0.1, -0.05) is 30.2 Å². The highest BCUT2D eigenvalue weighted by Gasteiger charge is 2.36. The Kier molecular flexibility index (Phi) is 5.05. The SMILES string of the molecule is Cc1ccsc1C(c1ccc(Cl)cc1)N1CCCCC1C(=O)O. The number of hydrogen-bond acceptors (Lipinski definition) is 3. The maximum atomic E-state index is 11.7. The molecule has 2 heterocycles. The number of aryl methyl sites for hydroxylation is 1. The fourth-order valence-electron chi connectivity index (χ4n) is 3.33. The van der Waals surface area contributed by atoms with Crippen molar-refractivity contribution in [2.75, 3.05) is 6.54 Å². The van der Waals surface area contributed by atoms with Gasteiger partial charge in [0.25, 0.3) is 0 Å². The standard InChI is InChI=1S/C18H20ClNO2S/c1-12-9-11-23-17(12)16(13-5-7-14(19)8-6-13)20-10-3-2-4-15(20)18(21)22/h5-9,11,15-16H,2-4,10H2,1H3,(H,21,22). The maximum Gasteiger partial charge on any atom is 0.320 e. The van der Waals surface area contributed by atoms with E-state index in [4.69, 9.17) is 11.6 Å². The van der Waals surface area contributed by atoms with Gasteiger partial charge < -0.3 is 5.11 Å². The summed E-state index contributed by atoms with van der Waals surface area (Å²) in [4.78, 5) is 15.1. The van der Waals surface area contributed by atoms with Gasteiger partial charge in [-0.25, -0.2) is 0 Å². The minimum absolute atomic E-state index is 0.0198. The minimum atomic E-state index is -0.724. The van der Waals surface area contributed by atoms with Crippen LogP contribution >= 0.6 is 22.9 Å². The number of likely N-dealkylation sites (tertiary alicyclic amines) is 1. The molecule has 0 saturated carbocycles. The molecule has 5 heteroatoms. The lowest BCUT2D eigenvalue weighted by molar-refractivity contribution is -0.145. The summed E-state index contributed by atoms with van der Waals surface area (Å²) < 4.78 is 0. The number of carboxylic acids is 1. The van der Waals surface area contributed by atoms with E-state index >= 15 is 0 Å². The molecule has 0 spiro atoms. The number of hydrogen-bond donors (Lipinski definition) is 1. The Labute approximate surface area is 145 Å². The number of carbonyl (C=O) groups is 1. The molecule has 2 unspecified atom stereocenters. The van der Waals surface area contributed by atoms with Gasteiger partial charge in [-0.15, -0.1) is 11.3 Å². The topological polar surface area (TPSA) is 40.5 Å². The summed E-state index contributed by atoms with van der Waals surface area (Å²) in [5.41, 5.74) is 2.32. The smallest absolute Gasteiger partial charge is 0.320 e. The molecule has 3 nitrogen and oxygen atoms in total. The van der Waals surface area contributed by atoms with E-state index in [2.05, 4.69) is 23.3 Å². The van der Waals surface area contributed by atoms with Crippen LogP contribution in [0.15, 0.2) is 35.7 Å². The number of benzene rings is 1. The summed E-state index contributed by atoms with van der Waals surface area (Å²) in [6.07, 6.45) is 2.73. The quantitative estimate of drug-likeness (QED) is 0.866. The van der Waals surface area contributed by atoms with Crippen molar-refractivity contribution >= 4 is 28.9 Å². The summed E-state index contributed by atoms with van der Waals surface area (Å²) in [5.74, 6) is -0.724. The third-order valence-electron chi connectivity index (χ3n) is 4.50. The fourth-order valence-corrected chi connectivity index (χ4v) is 4.53.